The van der Waals surface area contributed by atoms with Gasteiger partial charge in [-0.2, -0.15) is 0 Å². The molecule has 1 amide bonds. The maximum absolute atomic E-state index is 12.6. The van der Waals surface area contributed by atoms with Crippen molar-refractivity contribution in [1.82, 2.24) is 9.97 Å². The van der Waals surface area contributed by atoms with Gasteiger partial charge in [0, 0.05) is 17.1 Å². The fourth-order valence-electron chi connectivity index (χ4n) is 3.07. The number of benzene rings is 2. The molecule has 0 spiro atoms. The maximum Gasteiger partial charge on any atom is 0.265 e. The van der Waals surface area contributed by atoms with Crippen LogP contribution in [0.2, 0.25) is 0 Å². The van der Waals surface area contributed by atoms with Gasteiger partial charge in [-0.05, 0) is 75.2 Å². The molecule has 0 aliphatic carbocycles. The molecule has 168 valence electrons. The lowest BCUT2D eigenvalue weighted by Crippen LogP contribution is -2.32. The molecule has 0 fully saturated rings. The Hall–Kier alpha value is -3.46. The van der Waals surface area contributed by atoms with E-state index < -0.39 is 16.1 Å². The SMILES string of the molecule is CCC(Oc1cccc(C)c1)C(=O)Nc1ccc(S(=O)(=O)Nc2nc(C)cc(C)n2)cc1. The minimum Gasteiger partial charge on any atom is -0.481 e. The second-order valence-corrected chi connectivity index (χ2v) is 9.11. The third-order valence-electron chi connectivity index (χ3n) is 4.57. The van der Waals surface area contributed by atoms with Crippen LogP contribution in [0.5, 0.6) is 5.75 Å². The number of nitrogens with one attached hydrogen (secondary N) is 2. The number of anilines is 2. The van der Waals surface area contributed by atoms with Gasteiger partial charge in [0.2, 0.25) is 5.95 Å². The molecular weight excluding hydrogens is 428 g/mol. The Balaban J connectivity index is 1.68. The average molecular weight is 455 g/mol. The Bertz CT molecular complexity index is 1190. The van der Waals surface area contributed by atoms with Crippen LogP contribution in [-0.4, -0.2) is 30.4 Å². The van der Waals surface area contributed by atoms with Gasteiger partial charge in [0.15, 0.2) is 6.10 Å². The van der Waals surface area contributed by atoms with E-state index in [-0.39, 0.29) is 16.8 Å². The average Bonchev–Trinajstić information content (AvgIpc) is 2.71. The maximum atomic E-state index is 12.6. The molecule has 1 unspecified atom stereocenters. The van der Waals surface area contributed by atoms with E-state index in [2.05, 4.69) is 20.0 Å². The summed E-state index contributed by atoms with van der Waals surface area (Å²) in [6.07, 6.45) is -0.199. The zero-order valence-electron chi connectivity index (χ0n) is 18.4. The molecule has 1 heterocycles. The van der Waals surface area contributed by atoms with Gasteiger partial charge in [-0.15, -0.1) is 0 Å². The highest BCUT2D eigenvalue weighted by Gasteiger charge is 2.20. The van der Waals surface area contributed by atoms with Gasteiger partial charge in [0.25, 0.3) is 15.9 Å². The van der Waals surface area contributed by atoms with Gasteiger partial charge in [-0.1, -0.05) is 19.1 Å². The van der Waals surface area contributed by atoms with Crippen molar-refractivity contribution >= 4 is 27.6 Å². The van der Waals surface area contributed by atoms with Crippen molar-refractivity contribution < 1.29 is 17.9 Å². The lowest BCUT2D eigenvalue weighted by atomic mass is 10.2. The molecule has 0 bridgehead atoms. The Kier molecular flexibility index (Phi) is 7.09. The highest BCUT2D eigenvalue weighted by atomic mass is 32.2. The van der Waals surface area contributed by atoms with E-state index in [9.17, 15) is 13.2 Å². The van der Waals surface area contributed by atoms with Crippen molar-refractivity contribution in [3.63, 3.8) is 0 Å². The fourth-order valence-corrected chi connectivity index (χ4v) is 4.01. The first-order chi connectivity index (χ1) is 15.2. The molecule has 1 atom stereocenters. The molecule has 8 nitrogen and oxygen atoms in total. The van der Waals surface area contributed by atoms with Gasteiger partial charge in [-0.25, -0.2) is 23.1 Å². The van der Waals surface area contributed by atoms with E-state index in [1.165, 1.54) is 24.3 Å². The minimum atomic E-state index is -3.87. The number of aryl methyl sites for hydroxylation is 3. The summed E-state index contributed by atoms with van der Waals surface area (Å²) in [5.74, 6) is 0.318. The molecule has 0 saturated heterocycles. The molecule has 0 aliphatic rings. The van der Waals surface area contributed by atoms with Crippen LogP contribution in [-0.2, 0) is 14.8 Å². The number of nitrogens with zero attached hydrogens (tertiary/aromatic N) is 2. The third kappa shape index (κ3) is 6.04. The van der Waals surface area contributed by atoms with E-state index in [4.69, 9.17) is 4.74 Å². The molecule has 0 saturated carbocycles. The van der Waals surface area contributed by atoms with Crippen LogP contribution in [0.25, 0.3) is 0 Å². The number of aromatic nitrogens is 2. The first-order valence-electron chi connectivity index (χ1n) is 10.2. The number of hydrogen-bond acceptors (Lipinski definition) is 6. The van der Waals surface area contributed by atoms with Gasteiger partial charge in [0.1, 0.15) is 5.75 Å². The van der Waals surface area contributed by atoms with Crippen molar-refractivity contribution in [3.8, 4) is 5.75 Å². The Morgan fingerprint density at radius 2 is 1.66 bits per heavy atom. The summed E-state index contributed by atoms with van der Waals surface area (Å²) in [7, 11) is -3.87. The predicted molar refractivity (Wildman–Crippen MR) is 123 cm³/mol. The summed E-state index contributed by atoms with van der Waals surface area (Å²) >= 11 is 0. The first-order valence-corrected chi connectivity index (χ1v) is 11.6. The molecule has 2 aromatic carbocycles. The summed E-state index contributed by atoms with van der Waals surface area (Å²) in [4.78, 5) is 20.9. The molecule has 9 heteroatoms. The van der Waals surface area contributed by atoms with E-state index in [1.54, 1.807) is 26.0 Å². The Labute approximate surface area is 188 Å². The lowest BCUT2D eigenvalue weighted by Gasteiger charge is -2.17. The number of sulfonamides is 1. The highest BCUT2D eigenvalue weighted by molar-refractivity contribution is 7.92. The third-order valence-corrected chi connectivity index (χ3v) is 5.92. The normalized spacial score (nSPS) is 12.1. The molecule has 3 aromatic rings. The lowest BCUT2D eigenvalue weighted by molar-refractivity contribution is -0.122. The fraction of sp³-hybridized carbons (Fsp3) is 0.261. The van der Waals surface area contributed by atoms with Crippen LogP contribution in [0.4, 0.5) is 11.6 Å². The number of rotatable bonds is 8. The van der Waals surface area contributed by atoms with E-state index in [1.807, 2.05) is 32.0 Å². The topological polar surface area (TPSA) is 110 Å². The molecule has 1 aromatic heterocycles. The van der Waals surface area contributed by atoms with Gasteiger partial charge >= 0.3 is 0 Å². The number of ether oxygens (including phenoxy) is 1. The quantitative estimate of drug-likeness (QED) is 0.532. The Morgan fingerprint density at radius 1 is 1.00 bits per heavy atom. The summed E-state index contributed by atoms with van der Waals surface area (Å²) in [6.45, 7) is 7.33. The van der Waals surface area contributed by atoms with Crippen LogP contribution in [0.1, 0.15) is 30.3 Å². The molecule has 3 rings (SSSR count). The standard InChI is InChI=1S/C23H26N4O4S/c1-5-21(31-19-8-6-7-15(2)13-19)22(28)26-18-9-11-20(12-10-18)32(29,30)27-23-24-16(3)14-17(4)25-23/h6-14,21H,5H2,1-4H3,(H,26,28)(H,24,25,27). The van der Waals surface area contributed by atoms with Crippen molar-refractivity contribution in [3.05, 3.63) is 71.5 Å². The second-order valence-electron chi connectivity index (χ2n) is 7.42. The first kappa shape index (κ1) is 23.2. The molecule has 2 N–H and O–H groups in total. The smallest absolute Gasteiger partial charge is 0.265 e. The number of carbonyl (C=O) groups excluding carboxylic acids is 1. The minimum absolute atomic E-state index is 0.0129. The second kappa shape index (κ2) is 9.78. The summed E-state index contributed by atoms with van der Waals surface area (Å²) in [6, 6.07) is 15.1. The number of carbonyl (C=O) groups is 1. The van der Waals surface area contributed by atoms with Crippen LogP contribution in [0, 0.1) is 20.8 Å². The van der Waals surface area contributed by atoms with Crippen LogP contribution < -0.4 is 14.8 Å². The highest BCUT2D eigenvalue weighted by Crippen LogP contribution is 2.19. The predicted octanol–water partition coefficient (Wildman–Crippen LogP) is 4.00. The molecule has 32 heavy (non-hydrogen) atoms. The van der Waals surface area contributed by atoms with Crippen LogP contribution in [0.3, 0.4) is 0 Å². The molecule has 0 aliphatic heterocycles. The Morgan fingerprint density at radius 3 is 2.25 bits per heavy atom. The van der Waals surface area contributed by atoms with Crippen LogP contribution >= 0.6 is 0 Å². The van der Waals surface area contributed by atoms with Crippen molar-refractivity contribution in [2.75, 3.05) is 10.0 Å². The van der Waals surface area contributed by atoms with Crippen molar-refractivity contribution in [2.45, 2.75) is 45.1 Å². The summed E-state index contributed by atoms with van der Waals surface area (Å²) < 4.78 is 33.5. The van der Waals surface area contributed by atoms with E-state index in [0.717, 1.165) is 5.56 Å². The van der Waals surface area contributed by atoms with Gasteiger partial charge in [0.05, 0.1) is 4.90 Å². The number of amides is 1. The van der Waals surface area contributed by atoms with Gasteiger partial charge < -0.3 is 10.1 Å². The van der Waals surface area contributed by atoms with Crippen molar-refractivity contribution in [1.29, 1.82) is 0 Å². The van der Waals surface area contributed by atoms with E-state index >= 15 is 0 Å². The van der Waals surface area contributed by atoms with Gasteiger partial charge in [-0.3, -0.25) is 4.79 Å². The zero-order valence-corrected chi connectivity index (χ0v) is 19.2. The monoisotopic (exact) mass is 454 g/mol. The van der Waals surface area contributed by atoms with Crippen LogP contribution in [0.15, 0.2) is 59.5 Å². The van der Waals surface area contributed by atoms with E-state index in [0.29, 0.717) is 29.2 Å². The molecular formula is C23H26N4O4S. The summed E-state index contributed by atoms with van der Waals surface area (Å²) in [5, 5.41) is 2.77. The largest absolute Gasteiger partial charge is 0.481 e. The zero-order chi connectivity index (χ0) is 23.3. The van der Waals surface area contributed by atoms with Crippen molar-refractivity contribution in [2.24, 2.45) is 0 Å². The molecule has 0 radical (unpaired) electrons. The number of hydrogen-bond donors (Lipinski definition) is 2. The summed E-state index contributed by atoms with van der Waals surface area (Å²) in [5.41, 5.74) is 2.82.